The Labute approximate surface area is 164 Å². The first-order valence-corrected chi connectivity index (χ1v) is 12.6. The van der Waals surface area contributed by atoms with E-state index in [9.17, 15) is 0 Å². The van der Waals surface area contributed by atoms with Crippen molar-refractivity contribution in [1.82, 2.24) is 0 Å². The van der Waals surface area contributed by atoms with Crippen LogP contribution >= 0.6 is 11.6 Å². The first kappa shape index (κ1) is 20.9. The lowest BCUT2D eigenvalue weighted by molar-refractivity contribution is 0.300. The van der Waals surface area contributed by atoms with Gasteiger partial charge in [-0.05, 0) is 66.4 Å². The predicted octanol–water partition coefficient (Wildman–Crippen LogP) is 7.01. The van der Waals surface area contributed by atoms with Gasteiger partial charge in [0, 0.05) is 5.88 Å². The van der Waals surface area contributed by atoms with Crippen LogP contribution in [-0.4, -0.2) is 8.32 Å². The van der Waals surface area contributed by atoms with Crippen molar-refractivity contribution in [2.75, 3.05) is 0 Å². The molecule has 0 N–H and O–H groups in total. The number of rotatable bonds is 6. The fourth-order valence-electron chi connectivity index (χ4n) is 2.55. The largest absolute Gasteiger partial charge is 0.543 e. The summed E-state index contributed by atoms with van der Waals surface area (Å²) < 4.78 is 12.6. The van der Waals surface area contributed by atoms with E-state index in [1.807, 2.05) is 6.07 Å². The minimum Gasteiger partial charge on any atom is -0.543 e. The summed E-state index contributed by atoms with van der Waals surface area (Å²) in [5.74, 6) is 2.32. The summed E-state index contributed by atoms with van der Waals surface area (Å²) >= 11 is 6.15. The molecule has 26 heavy (non-hydrogen) atoms. The highest BCUT2D eigenvalue weighted by Gasteiger charge is 2.39. The van der Waals surface area contributed by atoms with Gasteiger partial charge in [0.15, 0.2) is 0 Å². The third-order valence-electron chi connectivity index (χ3n) is 5.28. The van der Waals surface area contributed by atoms with Crippen LogP contribution < -0.4 is 9.16 Å². The van der Waals surface area contributed by atoms with Crippen LogP contribution in [0.5, 0.6) is 11.5 Å². The Kier molecular flexibility index (Phi) is 6.46. The molecule has 0 unspecified atom stereocenters. The van der Waals surface area contributed by atoms with Crippen LogP contribution in [0.15, 0.2) is 36.4 Å². The van der Waals surface area contributed by atoms with Crippen molar-refractivity contribution in [3.63, 3.8) is 0 Å². The van der Waals surface area contributed by atoms with Gasteiger partial charge in [-0.25, -0.2) is 0 Å². The zero-order valence-electron chi connectivity index (χ0n) is 17.1. The standard InChI is InChI=1S/C22H31ClO2Si/c1-16-9-8-10-17(2)21(16)24-15-19-13-20(12-11-18(19)14-23)25-26(6,7)22(3,4)5/h8-13H,14-15H2,1-7H3. The molecular formula is C22H31ClO2Si. The number of benzene rings is 2. The van der Waals surface area contributed by atoms with Crippen molar-refractivity contribution < 1.29 is 9.16 Å². The van der Waals surface area contributed by atoms with Gasteiger partial charge in [0.1, 0.15) is 18.1 Å². The van der Waals surface area contributed by atoms with Gasteiger partial charge >= 0.3 is 0 Å². The van der Waals surface area contributed by atoms with Crippen molar-refractivity contribution in [2.45, 2.75) is 65.2 Å². The van der Waals surface area contributed by atoms with Crippen LogP contribution in [0, 0.1) is 13.8 Å². The summed E-state index contributed by atoms with van der Waals surface area (Å²) in [5.41, 5.74) is 4.46. The van der Waals surface area contributed by atoms with E-state index < -0.39 is 8.32 Å². The number of hydrogen-bond donors (Lipinski definition) is 0. The molecule has 2 rings (SSSR count). The summed E-state index contributed by atoms with van der Waals surface area (Å²) in [5, 5.41) is 0.160. The van der Waals surface area contributed by atoms with Crippen molar-refractivity contribution in [1.29, 1.82) is 0 Å². The van der Waals surface area contributed by atoms with Crippen molar-refractivity contribution in [3.05, 3.63) is 58.7 Å². The Morgan fingerprint density at radius 3 is 2.12 bits per heavy atom. The Morgan fingerprint density at radius 1 is 0.962 bits per heavy atom. The third kappa shape index (κ3) is 4.83. The van der Waals surface area contributed by atoms with Gasteiger partial charge in [-0.2, -0.15) is 0 Å². The fraction of sp³-hybridized carbons (Fsp3) is 0.455. The van der Waals surface area contributed by atoms with Gasteiger partial charge in [-0.3, -0.25) is 0 Å². The summed E-state index contributed by atoms with van der Waals surface area (Å²) in [7, 11) is -1.87. The van der Waals surface area contributed by atoms with E-state index in [1.54, 1.807) is 0 Å². The second kappa shape index (κ2) is 8.06. The van der Waals surface area contributed by atoms with Crippen molar-refractivity contribution in [2.24, 2.45) is 0 Å². The van der Waals surface area contributed by atoms with E-state index in [4.69, 9.17) is 20.8 Å². The highest BCUT2D eigenvalue weighted by molar-refractivity contribution is 6.74. The smallest absolute Gasteiger partial charge is 0.250 e. The number of alkyl halides is 1. The lowest BCUT2D eigenvalue weighted by atomic mass is 10.1. The number of ether oxygens (including phenoxy) is 1. The third-order valence-corrected chi connectivity index (χ3v) is 9.93. The number of halogens is 1. The van der Waals surface area contributed by atoms with Crippen molar-refractivity contribution >= 4 is 19.9 Å². The topological polar surface area (TPSA) is 18.5 Å². The fourth-order valence-corrected chi connectivity index (χ4v) is 3.84. The molecule has 0 amide bonds. The summed E-state index contributed by atoms with van der Waals surface area (Å²) in [6.07, 6.45) is 0. The van der Waals surface area contributed by atoms with Crippen LogP contribution in [0.4, 0.5) is 0 Å². The first-order valence-electron chi connectivity index (χ1n) is 9.11. The number of hydrogen-bond acceptors (Lipinski definition) is 2. The maximum absolute atomic E-state index is 6.45. The van der Waals surface area contributed by atoms with Gasteiger partial charge in [0.05, 0.1) is 0 Å². The zero-order chi connectivity index (χ0) is 19.5. The van der Waals surface area contributed by atoms with E-state index in [-0.39, 0.29) is 5.04 Å². The Balaban J connectivity index is 2.25. The maximum Gasteiger partial charge on any atom is 0.250 e. The number of aryl methyl sites for hydroxylation is 2. The van der Waals surface area contributed by atoms with Gasteiger partial charge in [0.25, 0.3) is 0 Å². The molecule has 0 heterocycles. The van der Waals surface area contributed by atoms with Crippen LogP contribution in [0.1, 0.15) is 43.0 Å². The average molecular weight is 391 g/mol. The molecule has 0 saturated heterocycles. The molecule has 142 valence electrons. The average Bonchev–Trinajstić information content (AvgIpc) is 2.53. The molecule has 2 aromatic rings. The van der Waals surface area contributed by atoms with Crippen LogP contribution in [0.3, 0.4) is 0 Å². The van der Waals surface area contributed by atoms with Gasteiger partial charge in [-0.15, -0.1) is 11.6 Å². The molecular weight excluding hydrogens is 360 g/mol. The maximum atomic E-state index is 6.45. The molecule has 0 aliphatic carbocycles. The molecule has 0 spiro atoms. The van der Waals surface area contributed by atoms with E-state index in [2.05, 4.69) is 78.0 Å². The quantitative estimate of drug-likeness (QED) is 0.390. The monoisotopic (exact) mass is 390 g/mol. The molecule has 0 fully saturated rings. The van der Waals surface area contributed by atoms with E-state index in [0.29, 0.717) is 12.5 Å². The molecule has 0 atom stereocenters. The molecule has 0 aliphatic heterocycles. The van der Waals surface area contributed by atoms with Crippen molar-refractivity contribution in [3.8, 4) is 11.5 Å². The summed E-state index contributed by atoms with van der Waals surface area (Å²) in [4.78, 5) is 0. The molecule has 2 nitrogen and oxygen atoms in total. The second-order valence-corrected chi connectivity index (χ2v) is 13.4. The minimum atomic E-state index is -1.87. The molecule has 0 radical (unpaired) electrons. The molecule has 0 aliphatic rings. The van der Waals surface area contributed by atoms with Gasteiger partial charge in [-0.1, -0.05) is 45.0 Å². The highest BCUT2D eigenvalue weighted by Crippen LogP contribution is 2.38. The minimum absolute atomic E-state index is 0.160. The molecule has 2 aromatic carbocycles. The zero-order valence-corrected chi connectivity index (χ0v) is 18.8. The van der Waals surface area contributed by atoms with E-state index in [0.717, 1.165) is 33.8 Å². The summed E-state index contributed by atoms with van der Waals surface area (Å²) in [6, 6.07) is 12.4. The van der Waals surface area contributed by atoms with E-state index in [1.165, 1.54) is 0 Å². The van der Waals surface area contributed by atoms with Gasteiger partial charge in [0.2, 0.25) is 8.32 Å². The van der Waals surface area contributed by atoms with Crippen LogP contribution in [-0.2, 0) is 12.5 Å². The summed E-state index contributed by atoms with van der Waals surface area (Å²) in [6.45, 7) is 15.9. The van der Waals surface area contributed by atoms with E-state index >= 15 is 0 Å². The van der Waals surface area contributed by atoms with Gasteiger partial charge < -0.3 is 9.16 Å². The first-order chi connectivity index (χ1) is 12.0. The van der Waals surface area contributed by atoms with Crippen LogP contribution in [0.25, 0.3) is 0 Å². The van der Waals surface area contributed by atoms with Crippen LogP contribution in [0.2, 0.25) is 18.1 Å². The highest BCUT2D eigenvalue weighted by atomic mass is 35.5. The Morgan fingerprint density at radius 2 is 1.58 bits per heavy atom. The Hall–Kier alpha value is -1.45. The Bertz CT molecular complexity index is 743. The molecule has 0 saturated carbocycles. The lowest BCUT2D eigenvalue weighted by Crippen LogP contribution is -2.43. The second-order valence-electron chi connectivity index (χ2n) is 8.44. The number of para-hydroxylation sites is 1. The molecule has 0 aromatic heterocycles. The molecule has 4 heteroatoms. The lowest BCUT2D eigenvalue weighted by Gasteiger charge is -2.36. The molecule has 0 bridgehead atoms. The SMILES string of the molecule is Cc1cccc(C)c1OCc1cc(O[Si](C)(C)C(C)(C)C)ccc1CCl. The normalized spacial score (nSPS) is 12.2. The predicted molar refractivity (Wildman–Crippen MR) is 114 cm³/mol.